The van der Waals surface area contributed by atoms with Crippen molar-refractivity contribution in [1.82, 2.24) is 0 Å². The normalized spacial score (nSPS) is 10.2. The van der Waals surface area contributed by atoms with Crippen molar-refractivity contribution in [2.45, 2.75) is 0 Å². The van der Waals surface area contributed by atoms with Gasteiger partial charge >= 0.3 is 0 Å². The summed E-state index contributed by atoms with van der Waals surface area (Å²) in [5.74, 6) is 1.04. The van der Waals surface area contributed by atoms with E-state index in [1.54, 1.807) is 42.5 Å². The number of rotatable bonds is 6. The minimum atomic E-state index is -0.254. The molecule has 0 aromatic heterocycles. The lowest BCUT2D eigenvalue weighted by atomic mass is 10.1. The van der Waals surface area contributed by atoms with Gasteiger partial charge in [0.1, 0.15) is 22.8 Å². The topological polar surface area (TPSA) is 68.5 Å². The highest BCUT2D eigenvalue weighted by molar-refractivity contribution is 6.10. The number of ether oxygens (including phenoxy) is 3. The highest BCUT2D eigenvalue weighted by Crippen LogP contribution is 2.34. The van der Waals surface area contributed by atoms with Gasteiger partial charge in [-0.25, -0.2) is 0 Å². The molecule has 0 aliphatic carbocycles. The molecular weight excluding hydrogens is 306 g/mol. The zero-order chi connectivity index (χ0) is 17.5. The summed E-state index contributed by atoms with van der Waals surface area (Å²) < 4.78 is 15.7. The van der Waals surface area contributed by atoms with Crippen LogP contribution >= 0.6 is 0 Å². The smallest absolute Gasteiger partial charge is 0.193 e. The second-order valence-electron chi connectivity index (χ2n) is 4.84. The van der Waals surface area contributed by atoms with Crippen molar-refractivity contribution in [3.8, 4) is 23.3 Å². The first-order chi connectivity index (χ1) is 11.6. The third-order valence-corrected chi connectivity index (χ3v) is 3.43. The van der Waals surface area contributed by atoms with Crippen LogP contribution in [0, 0.1) is 11.3 Å². The Hall–Kier alpha value is -3.26. The van der Waals surface area contributed by atoms with E-state index in [4.69, 9.17) is 19.5 Å². The molecular formula is C19H17NO4. The summed E-state index contributed by atoms with van der Waals surface area (Å²) in [6.07, 6.45) is 3.11. The van der Waals surface area contributed by atoms with E-state index in [0.717, 1.165) is 5.56 Å². The molecule has 24 heavy (non-hydrogen) atoms. The molecule has 0 aliphatic heterocycles. The first-order valence-electron chi connectivity index (χ1n) is 7.15. The van der Waals surface area contributed by atoms with Crippen LogP contribution in [0.5, 0.6) is 17.2 Å². The molecule has 0 unspecified atom stereocenters. The summed E-state index contributed by atoms with van der Waals surface area (Å²) in [6, 6.07) is 12.2. The van der Waals surface area contributed by atoms with Crippen LogP contribution in [0.15, 0.2) is 42.5 Å². The Kier molecular flexibility index (Phi) is 5.58. The van der Waals surface area contributed by atoms with E-state index >= 15 is 0 Å². The Labute approximate surface area is 140 Å². The number of methoxy groups -OCH3 is 3. The number of benzene rings is 2. The number of carbonyl (C=O) groups excluding carboxylic acids is 1. The lowest BCUT2D eigenvalue weighted by Crippen LogP contribution is -2.03. The second kappa shape index (κ2) is 7.84. The first-order valence-corrected chi connectivity index (χ1v) is 7.15. The van der Waals surface area contributed by atoms with Gasteiger partial charge in [0, 0.05) is 12.1 Å². The summed E-state index contributed by atoms with van der Waals surface area (Å²) in [5.41, 5.74) is 1.71. The summed E-state index contributed by atoms with van der Waals surface area (Å²) >= 11 is 0. The van der Waals surface area contributed by atoms with E-state index < -0.39 is 0 Å². The van der Waals surface area contributed by atoms with Crippen molar-refractivity contribution < 1.29 is 19.0 Å². The molecule has 122 valence electrons. The molecule has 0 radical (unpaired) electrons. The summed E-state index contributed by atoms with van der Waals surface area (Å²) in [5, 5.41) is 8.79. The van der Waals surface area contributed by atoms with Crippen LogP contribution in [-0.4, -0.2) is 27.1 Å². The average molecular weight is 323 g/mol. The molecule has 0 aliphatic rings. The maximum absolute atomic E-state index is 12.6. The minimum absolute atomic E-state index is 0.254. The van der Waals surface area contributed by atoms with Gasteiger partial charge in [-0.1, -0.05) is 18.2 Å². The summed E-state index contributed by atoms with van der Waals surface area (Å²) in [6.45, 7) is 0. The van der Waals surface area contributed by atoms with Gasteiger partial charge in [-0.15, -0.1) is 0 Å². The standard InChI is InChI=1S/C19H17NO4/c1-22-15-10-17(23-2)19(18(11-15)24-3)16(21)9-8-13-4-6-14(12-20)7-5-13/h4-11H,1-3H3/b9-8+. The van der Waals surface area contributed by atoms with Gasteiger partial charge in [0.15, 0.2) is 5.78 Å². The highest BCUT2D eigenvalue weighted by atomic mass is 16.5. The Morgan fingerprint density at radius 2 is 1.58 bits per heavy atom. The second-order valence-corrected chi connectivity index (χ2v) is 4.84. The zero-order valence-electron chi connectivity index (χ0n) is 13.7. The molecule has 0 N–H and O–H groups in total. The fourth-order valence-electron chi connectivity index (χ4n) is 2.17. The van der Waals surface area contributed by atoms with E-state index in [1.165, 1.54) is 27.4 Å². The zero-order valence-corrected chi connectivity index (χ0v) is 13.7. The number of carbonyl (C=O) groups is 1. The van der Waals surface area contributed by atoms with Gasteiger partial charge in [-0.05, 0) is 23.8 Å². The molecule has 2 rings (SSSR count). The van der Waals surface area contributed by atoms with Gasteiger partial charge in [0.2, 0.25) is 0 Å². The summed E-state index contributed by atoms with van der Waals surface area (Å²) in [7, 11) is 4.49. The lowest BCUT2D eigenvalue weighted by molar-refractivity contribution is 0.104. The van der Waals surface area contributed by atoms with Gasteiger partial charge in [-0.3, -0.25) is 4.79 Å². The maximum Gasteiger partial charge on any atom is 0.193 e. The molecule has 2 aromatic rings. The van der Waals surface area contributed by atoms with Crippen molar-refractivity contribution in [3.05, 3.63) is 59.2 Å². The van der Waals surface area contributed by atoms with Crippen LogP contribution in [0.25, 0.3) is 6.08 Å². The van der Waals surface area contributed by atoms with Crippen molar-refractivity contribution in [1.29, 1.82) is 5.26 Å². The number of nitrogens with zero attached hydrogens (tertiary/aromatic N) is 1. The third-order valence-electron chi connectivity index (χ3n) is 3.43. The average Bonchev–Trinajstić information content (AvgIpc) is 2.65. The monoisotopic (exact) mass is 323 g/mol. The molecule has 0 fully saturated rings. The fraction of sp³-hybridized carbons (Fsp3) is 0.158. The van der Waals surface area contributed by atoms with Crippen molar-refractivity contribution in [2.75, 3.05) is 21.3 Å². The van der Waals surface area contributed by atoms with E-state index in [9.17, 15) is 4.79 Å². The quantitative estimate of drug-likeness (QED) is 0.601. The van der Waals surface area contributed by atoms with Crippen molar-refractivity contribution >= 4 is 11.9 Å². The van der Waals surface area contributed by atoms with Gasteiger partial charge in [0.25, 0.3) is 0 Å². The molecule has 0 atom stereocenters. The molecule has 2 aromatic carbocycles. The lowest BCUT2D eigenvalue weighted by Gasteiger charge is -2.13. The van der Waals surface area contributed by atoms with E-state index in [0.29, 0.717) is 28.4 Å². The van der Waals surface area contributed by atoms with E-state index in [2.05, 4.69) is 0 Å². The van der Waals surface area contributed by atoms with Crippen LogP contribution in [0.2, 0.25) is 0 Å². The predicted octanol–water partition coefficient (Wildman–Crippen LogP) is 3.48. The molecule has 5 nitrogen and oxygen atoms in total. The maximum atomic E-state index is 12.6. The minimum Gasteiger partial charge on any atom is -0.496 e. The van der Waals surface area contributed by atoms with Crippen LogP contribution < -0.4 is 14.2 Å². The Balaban J connectivity index is 2.34. The van der Waals surface area contributed by atoms with E-state index in [-0.39, 0.29) is 5.78 Å². The van der Waals surface area contributed by atoms with Crippen LogP contribution in [-0.2, 0) is 0 Å². The SMILES string of the molecule is COc1cc(OC)c(C(=O)/C=C/c2ccc(C#N)cc2)c(OC)c1. The summed E-state index contributed by atoms with van der Waals surface area (Å²) in [4.78, 5) is 12.6. The molecule has 0 heterocycles. The highest BCUT2D eigenvalue weighted by Gasteiger charge is 2.18. The third kappa shape index (κ3) is 3.73. The first kappa shape index (κ1) is 17.1. The van der Waals surface area contributed by atoms with Gasteiger partial charge < -0.3 is 14.2 Å². The molecule has 0 bridgehead atoms. The fourth-order valence-corrected chi connectivity index (χ4v) is 2.17. The molecule has 0 saturated carbocycles. The Morgan fingerprint density at radius 1 is 1.00 bits per heavy atom. The Bertz CT molecular complexity index is 776. The Morgan fingerprint density at radius 3 is 2.04 bits per heavy atom. The molecule has 5 heteroatoms. The van der Waals surface area contributed by atoms with Crippen molar-refractivity contribution in [3.63, 3.8) is 0 Å². The van der Waals surface area contributed by atoms with Crippen LogP contribution in [0.1, 0.15) is 21.5 Å². The molecule has 0 spiro atoms. The predicted molar refractivity (Wildman–Crippen MR) is 90.6 cm³/mol. The largest absolute Gasteiger partial charge is 0.496 e. The van der Waals surface area contributed by atoms with E-state index in [1.807, 2.05) is 6.07 Å². The van der Waals surface area contributed by atoms with Crippen LogP contribution in [0.3, 0.4) is 0 Å². The van der Waals surface area contributed by atoms with Gasteiger partial charge in [0.05, 0.1) is 33.0 Å². The number of allylic oxidation sites excluding steroid dienone is 1. The van der Waals surface area contributed by atoms with Gasteiger partial charge in [-0.2, -0.15) is 5.26 Å². The van der Waals surface area contributed by atoms with Crippen LogP contribution in [0.4, 0.5) is 0 Å². The number of ketones is 1. The number of hydrogen-bond acceptors (Lipinski definition) is 5. The number of hydrogen-bond donors (Lipinski definition) is 0. The molecule has 0 saturated heterocycles. The number of nitriles is 1. The van der Waals surface area contributed by atoms with Crippen molar-refractivity contribution in [2.24, 2.45) is 0 Å². The molecule has 0 amide bonds.